The molecule has 2 aromatic carbocycles. The van der Waals surface area contributed by atoms with Crippen LogP contribution in [0.5, 0.6) is 0 Å². The van der Waals surface area contributed by atoms with Crippen molar-refractivity contribution in [2.45, 2.75) is 88.9 Å². The third-order valence-electron chi connectivity index (χ3n) is 7.95. The first-order chi connectivity index (χ1) is 21.4. The molecule has 246 valence electrons. The van der Waals surface area contributed by atoms with E-state index in [1.165, 1.54) is 6.07 Å². The van der Waals surface area contributed by atoms with Crippen molar-refractivity contribution in [3.8, 4) is 0 Å². The van der Waals surface area contributed by atoms with Crippen LogP contribution in [0.1, 0.15) is 90.2 Å². The van der Waals surface area contributed by atoms with Crippen molar-refractivity contribution in [2.24, 2.45) is 0 Å². The largest absolute Gasteiger partial charge is 0.744 e. The van der Waals surface area contributed by atoms with Gasteiger partial charge in [0.15, 0.2) is 5.71 Å². The quantitative estimate of drug-likeness (QED) is 0.135. The number of nitrogens with zero attached hydrogens (tertiary/aromatic N) is 2. The summed E-state index contributed by atoms with van der Waals surface area (Å²) in [6, 6.07) is 10.8. The van der Waals surface area contributed by atoms with Crippen LogP contribution in [0.3, 0.4) is 0 Å². The van der Waals surface area contributed by atoms with E-state index in [0.717, 1.165) is 95.0 Å². The molecule has 2 aromatic rings. The Hall–Kier alpha value is -3.05. The molecule has 1 aliphatic carbocycles. The third kappa shape index (κ3) is 10.2. The maximum Gasteiger partial charge on any atom is 0.199 e. The van der Waals surface area contributed by atoms with E-state index in [9.17, 15) is 25.9 Å². The van der Waals surface area contributed by atoms with E-state index in [0.29, 0.717) is 22.8 Å². The number of benzene rings is 2. The monoisotopic (exact) mass is 655 g/mol. The smallest absolute Gasteiger partial charge is 0.199 e. The average molecular weight is 656 g/mol. The van der Waals surface area contributed by atoms with Crippen LogP contribution in [-0.2, 0) is 20.2 Å². The van der Waals surface area contributed by atoms with E-state index < -0.39 is 30.0 Å². The molecule has 0 unspecified atom stereocenters. The highest BCUT2D eigenvalue weighted by Crippen LogP contribution is 2.36. The second kappa shape index (κ2) is 17.0. The van der Waals surface area contributed by atoms with Crippen LogP contribution >= 0.6 is 0 Å². The first-order valence-corrected chi connectivity index (χ1v) is 18.9. The molecular formula is C35H47N2O6S2-. The first kappa shape index (κ1) is 36.4. The zero-order valence-electron chi connectivity index (χ0n) is 27.0. The Kier molecular flexibility index (Phi) is 13.8. The molecule has 0 heterocycles. The number of anilines is 1. The Morgan fingerprint density at radius 3 is 1.69 bits per heavy atom. The van der Waals surface area contributed by atoms with Crippen molar-refractivity contribution >= 4 is 37.2 Å². The highest BCUT2D eigenvalue weighted by molar-refractivity contribution is 7.86. The summed E-state index contributed by atoms with van der Waals surface area (Å²) in [5, 5.41) is 0. The molecule has 0 N–H and O–H groups in total. The van der Waals surface area contributed by atoms with Crippen LogP contribution in [0, 0.1) is 0 Å². The maximum absolute atomic E-state index is 12.5. The van der Waals surface area contributed by atoms with Gasteiger partial charge in [-0.2, -0.15) is 0 Å². The molecule has 0 aliphatic heterocycles. The molecule has 10 heteroatoms. The summed E-state index contributed by atoms with van der Waals surface area (Å²) in [4.78, 5) is 0.826. The van der Waals surface area contributed by atoms with Gasteiger partial charge in [0.05, 0.1) is 9.79 Å². The van der Waals surface area contributed by atoms with E-state index in [1.54, 1.807) is 0 Å². The standard InChI is InChI=1S/C35H48N2O6S2/c1-5-9-23-36(24-10-6-2)30-17-13-28(14-18-30)35(33-22-21-32(44(38,39)40)27-34(33)45(41,42)43)29-15-19-31(20-16-29)37(25-11-7-3)26-12-8-4/h13-22,27H,5-12,23-26H2,1-4H3,(H-,38,39,40,41,42,43)/p-1. The summed E-state index contributed by atoms with van der Waals surface area (Å²) in [6.45, 7) is 12.3. The van der Waals surface area contributed by atoms with Gasteiger partial charge in [-0.05, 0) is 66.0 Å². The number of allylic oxidation sites excluding steroid dienone is 5. The molecule has 0 aromatic heterocycles. The van der Waals surface area contributed by atoms with Gasteiger partial charge in [0.2, 0.25) is 0 Å². The van der Waals surface area contributed by atoms with Crippen molar-refractivity contribution in [2.75, 3.05) is 31.1 Å². The molecule has 8 nitrogen and oxygen atoms in total. The van der Waals surface area contributed by atoms with Gasteiger partial charge in [-0.25, -0.2) is 21.4 Å². The summed E-state index contributed by atoms with van der Waals surface area (Å²) in [6.07, 6.45) is 16.3. The minimum atomic E-state index is -5.15. The van der Waals surface area contributed by atoms with Crippen molar-refractivity contribution < 1.29 is 30.5 Å². The minimum Gasteiger partial charge on any atom is -0.744 e. The minimum absolute atomic E-state index is 0.0422. The summed E-state index contributed by atoms with van der Waals surface area (Å²) >= 11 is 0. The lowest BCUT2D eigenvalue weighted by Gasteiger charge is -2.25. The van der Waals surface area contributed by atoms with Gasteiger partial charge in [-0.1, -0.05) is 71.6 Å². The van der Waals surface area contributed by atoms with Crippen molar-refractivity contribution in [3.63, 3.8) is 0 Å². The summed E-state index contributed by atoms with van der Waals surface area (Å²) in [5.74, 6) is 0. The van der Waals surface area contributed by atoms with Crippen LogP contribution in [0.25, 0.3) is 5.57 Å². The van der Waals surface area contributed by atoms with Gasteiger partial charge in [0.25, 0.3) is 0 Å². The molecule has 0 saturated heterocycles. The zero-order valence-corrected chi connectivity index (χ0v) is 28.6. The Morgan fingerprint density at radius 1 is 0.689 bits per heavy atom. The van der Waals surface area contributed by atoms with Gasteiger partial charge in [0.1, 0.15) is 33.3 Å². The Morgan fingerprint density at radius 2 is 1.22 bits per heavy atom. The molecule has 0 saturated carbocycles. The fourth-order valence-corrected chi connectivity index (χ4v) is 6.65. The van der Waals surface area contributed by atoms with Gasteiger partial charge >= 0.3 is 0 Å². The van der Waals surface area contributed by atoms with Crippen molar-refractivity contribution in [1.29, 1.82) is 0 Å². The lowest BCUT2D eigenvalue weighted by atomic mass is 9.90. The maximum atomic E-state index is 12.5. The Labute approximate surface area is 270 Å². The van der Waals surface area contributed by atoms with E-state index in [1.807, 2.05) is 48.6 Å². The summed E-state index contributed by atoms with van der Waals surface area (Å²) in [5.41, 5.74) is 3.91. The molecule has 1 aliphatic rings. The highest BCUT2D eigenvalue weighted by Gasteiger charge is 2.21. The average Bonchev–Trinajstić information content (AvgIpc) is 3.01. The molecule has 0 amide bonds. The molecular weight excluding hydrogens is 609 g/mol. The third-order valence-corrected chi connectivity index (χ3v) is 9.66. The summed E-state index contributed by atoms with van der Waals surface area (Å²) < 4.78 is 75.2. The van der Waals surface area contributed by atoms with Gasteiger partial charge in [-0.3, -0.25) is 0 Å². The van der Waals surface area contributed by atoms with Gasteiger partial charge in [-0.15, -0.1) is 0 Å². The highest BCUT2D eigenvalue weighted by atomic mass is 32.2. The summed E-state index contributed by atoms with van der Waals surface area (Å²) in [7, 11) is -10.1. The predicted octanol–water partition coefficient (Wildman–Crippen LogP) is 6.88. The van der Waals surface area contributed by atoms with Crippen molar-refractivity contribution in [3.05, 3.63) is 83.5 Å². The van der Waals surface area contributed by atoms with E-state index in [2.05, 4.69) is 37.2 Å². The van der Waals surface area contributed by atoms with Crippen LogP contribution in [0.2, 0.25) is 0 Å². The number of rotatable bonds is 17. The Balaban J connectivity index is 2.24. The number of unbranched alkanes of at least 4 members (excludes halogenated alkanes) is 4. The fourth-order valence-electron chi connectivity index (χ4n) is 5.36. The molecule has 3 rings (SSSR count). The number of hydrogen-bond donors (Lipinski definition) is 0. The second-order valence-corrected chi connectivity index (χ2v) is 14.2. The first-order valence-electron chi connectivity index (χ1n) is 16.1. The normalized spacial score (nSPS) is 13.4. The van der Waals surface area contributed by atoms with Gasteiger partial charge in [0, 0.05) is 49.3 Å². The SMILES string of the molecule is CCCCN(CCCC)c1ccc(C(=C2C=CC(=[N+](CCCC)CCCC)C=C2)c2ccc(S(=O)(=O)[O-])cc2S(=O)(=O)[O-])cc1. The van der Waals surface area contributed by atoms with Crippen LogP contribution in [0.4, 0.5) is 5.69 Å². The van der Waals surface area contributed by atoms with E-state index in [-0.39, 0.29) is 5.56 Å². The second-order valence-electron chi connectivity index (χ2n) is 11.4. The van der Waals surface area contributed by atoms with Crippen LogP contribution in [0.15, 0.2) is 82.1 Å². The molecule has 0 radical (unpaired) electrons. The number of hydrogen-bond acceptors (Lipinski definition) is 7. The van der Waals surface area contributed by atoms with Crippen LogP contribution < -0.4 is 4.90 Å². The fraction of sp³-hybridized carbons (Fsp3) is 0.457. The lowest BCUT2D eigenvalue weighted by molar-refractivity contribution is -0.527. The molecule has 0 fully saturated rings. The Bertz CT molecular complexity index is 1600. The van der Waals surface area contributed by atoms with E-state index in [4.69, 9.17) is 0 Å². The lowest BCUT2D eigenvalue weighted by Crippen LogP contribution is -2.25. The molecule has 0 bridgehead atoms. The zero-order chi connectivity index (χ0) is 33.0. The molecule has 0 spiro atoms. The molecule has 0 atom stereocenters. The van der Waals surface area contributed by atoms with E-state index >= 15 is 0 Å². The topological polar surface area (TPSA) is 121 Å². The predicted molar refractivity (Wildman–Crippen MR) is 180 cm³/mol. The molecule has 45 heavy (non-hydrogen) atoms. The van der Waals surface area contributed by atoms with Gasteiger partial charge < -0.3 is 14.0 Å². The van der Waals surface area contributed by atoms with Crippen molar-refractivity contribution in [1.82, 2.24) is 0 Å². The van der Waals surface area contributed by atoms with Crippen LogP contribution in [-0.4, -0.2) is 62.4 Å².